The molecule has 1 aromatic carbocycles. The maximum absolute atomic E-state index is 12.5. The second kappa shape index (κ2) is 8.32. The predicted molar refractivity (Wildman–Crippen MR) is 101 cm³/mol. The third-order valence-corrected chi connectivity index (χ3v) is 4.79. The van der Waals surface area contributed by atoms with Crippen molar-refractivity contribution >= 4 is 22.4 Å². The molecule has 0 aliphatic carbocycles. The molecule has 3 rings (SSSR count). The van der Waals surface area contributed by atoms with Gasteiger partial charge in [-0.1, -0.05) is 24.3 Å². The van der Waals surface area contributed by atoms with E-state index in [1.165, 1.54) is 16.5 Å². The van der Waals surface area contributed by atoms with Crippen LogP contribution in [0.2, 0.25) is 0 Å². The molecule has 5 nitrogen and oxygen atoms in total. The average molecular weight is 341 g/mol. The molecule has 1 aliphatic heterocycles. The van der Waals surface area contributed by atoms with Gasteiger partial charge in [0, 0.05) is 56.0 Å². The predicted octanol–water partition coefficient (Wildman–Crippen LogP) is 2.75. The fourth-order valence-electron chi connectivity index (χ4n) is 3.37. The smallest absolute Gasteiger partial charge is 0.237 e. The number of rotatable bonds is 7. The summed E-state index contributed by atoms with van der Waals surface area (Å²) < 4.78 is 5.06. The molecule has 5 heteroatoms. The lowest BCUT2D eigenvalue weighted by Crippen LogP contribution is -2.41. The molecule has 1 amide bonds. The molecule has 25 heavy (non-hydrogen) atoms. The minimum Gasteiger partial charge on any atom is -0.385 e. The summed E-state index contributed by atoms with van der Waals surface area (Å²) in [7, 11) is 3.70. The number of amides is 1. The number of hydrogen-bond acceptors (Lipinski definition) is 3. The summed E-state index contributed by atoms with van der Waals surface area (Å²) in [5, 5.41) is 1.26. The highest BCUT2D eigenvalue weighted by atomic mass is 16.5. The number of nitrogens with one attached hydrogen (secondary N) is 1. The summed E-state index contributed by atoms with van der Waals surface area (Å²) in [4.78, 5) is 19.8. The fraction of sp³-hybridized carbons (Fsp3) is 0.450. The van der Waals surface area contributed by atoms with Crippen molar-refractivity contribution in [1.29, 1.82) is 0 Å². The number of aromatic nitrogens is 1. The molecule has 0 spiro atoms. The van der Waals surface area contributed by atoms with Crippen LogP contribution in [0.4, 0.5) is 0 Å². The number of aromatic amines is 1. The third kappa shape index (κ3) is 4.30. The first-order valence-corrected chi connectivity index (χ1v) is 8.90. The molecular weight excluding hydrogens is 314 g/mol. The molecule has 0 fully saturated rings. The Morgan fingerprint density at radius 1 is 1.36 bits per heavy atom. The first-order chi connectivity index (χ1) is 12.2. The number of carbonyl (C=O) groups is 1. The number of para-hydroxylation sites is 1. The molecule has 2 heterocycles. The lowest BCUT2D eigenvalue weighted by atomic mass is 9.99. The summed E-state index contributed by atoms with van der Waals surface area (Å²) in [5.74, 6) is 0.203. The van der Waals surface area contributed by atoms with Crippen LogP contribution < -0.4 is 0 Å². The van der Waals surface area contributed by atoms with Gasteiger partial charge in [-0.2, -0.15) is 0 Å². The van der Waals surface area contributed by atoms with Crippen LogP contribution in [0.25, 0.3) is 16.5 Å². The van der Waals surface area contributed by atoms with Gasteiger partial charge in [0.1, 0.15) is 0 Å². The molecule has 0 saturated carbocycles. The number of nitrogens with zero attached hydrogens (tertiary/aromatic N) is 2. The zero-order valence-electron chi connectivity index (χ0n) is 15.1. The lowest BCUT2D eigenvalue weighted by molar-refractivity contribution is -0.131. The van der Waals surface area contributed by atoms with E-state index in [2.05, 4.69) is 40.4 Å². The van der Waals surface area contributed by atoms with E-state index >= 15 is 0 Å². The Labute approximate surface area is 149 Å². The summed E-state index contributed by atoms with van der Waals surface area (Å²) in [6.45, 7) is 3.57. The second-order valence-corrected chi connectivity index (χ2v) is 6.65. The van der Waals surface area contributed by atoms with E-state index in [1.54, 1.807) is 7.11 Å². The molecule has 0 atom stereocenters. The van der Waals surface area contributed by atoms with Crippen LogP contribution in [0.3, 0.4) is 0 Å². The van der Waals surface area contributed by atoms with Crippen molar-refractivity contribution in [2.75, 3.05) is 46.9 Å². The highest BCUT2D eigenvalue weighted by Gasteiger charge is 2.20. The van der Waals surface area contributed by atoms with Gasteiger partial charge in [0.05, 0.1) is 6.54 Å². The molecule has 1 aliphatic rings. The van der Waals surface area contributed by atoms with E-state index < -0.39 is 0 Å². The maximum atomic E-state index is 12.5. The Morgan fingerprint density at radius 2 is 2.20 bits per heavy atom. The molecular formula is C20H27N3O2. The van der Waals surface area contributed by atoms with E-state index in [1.807, 2.05) is 18.0 Å². The van der Waals surface area contributed by atoms with Crippen LogP contribution >= 0.6 is 0 Å². The van der Waals surface area contributed by atoms with Gasteiger partial charge in [0.25, 0.3) is 0 Å². The quantitative estimate of drug-likeness (QED) is 0.788. The van der Waals surface area contributed by atoms with Crippen molar-refractivity contribution in [3.8, 4) is 0 Å². The van der Waals surface area contributed by atoms with Crippen molar-refractivity contribution in [2.45, 2.75) is 12.8 Å². The topological polar surface area (TPSA) is 48.6 Å². The fourth-order valence-corrected chi connectivity index (χ4v) is 3.37. The highest BCUT2D eigenvalue weighted by molar-refractivity contribution is 5.93. The van der Waals surface area contributed by atoms with E-state index in [9.17, 15) is 4.79 Å². The summed E-state index contributed by atoms with van der Waals surface area (Å²) >= 11 is 0. The highest BCUT2D eigenvalue weighted by Crippen LogP contribution is 2.29. The SMILES string of the molecule is COCCCN(C)CC(=O)N1CC=C(c2c[nH]c3ccccc23)CC1. The average Bonchev–Trinajstić information content (AvgIpc) is 3.06. The molecule has 134 valence electrons. The molecule has 1 aromatic heterocycles. The van der Waals surface area contributed by atoms with Crippen LogP contribution in [-0.4, -0.2) is 67.6 Å². The van der Waals surface area contributed by atoms with Crippen molar-refractivity contribution in [2.24, 2.45) is 0 Å². The van der Waals surface area contributed by atoms with Gasteiger partial charge in [-0.3, -0.25) is 9.69 Å². The van der Waals surface area contributed by atoms with Crippen LogP contribution in [0, 0.1) is 0 Å². The molecule has 0 bridgehead atoms. The number of methoxy groups -OCH3 is 1. The van der Waals surface area contributed by atoms with Gasteiger partial charge in [-0.05, 0) is 31.5 Å². The van der Waals surface area contributed by atoms with Gasteiger partial charge in [0.2, 0.25) is 5.91 Å². The number of H-pyrrole nitrogens is 1. The molecule has 1 N–H and O–H groups in total. The largest absolute Gasteiger partial charge is 0.385 e. The van der Waals surface area contributed by atoms with Crippen molar-refractivity contribution in [3.63, 3.8) is 0 Å². The number of hydrogen-bond donors (Lipinski definition) is 1. The first-order valence-electron chi connectivity index (χ1n) is 8.90. The lowest BCUT2D eigenvalue weighted by Gasteiger charge is -2.28. The minimum absolute atomic E-state index is 0.203. The van der Waals surface area contributed by atoms with E-state index in [0.29, 0.717) is 13.1 Å². The molecule has 2 aromatic rings. The van der Waals surface area contributed by atoms with Crippen molar-refractivity contribution in [1.82, 2.24) is 14.8 Å². The summed E-state index contributed by atoms with van der Waals surface area (Å²) in [5.41, 5.74) is 3.75. The van der Waals surface area contributed by atoms with E-state index in [4.69, 9.17) is 4.74 Å². The second-order valence-electron chi connectivity index (χ2n) is 6.65. The third-order valence-electron chi connectivity index (χ3n) is 4.79. The minimum atomic E-state index is 0.203. The van der Waals surface area contributed by atoms with E-state index in [0.717, 1.165) is 38.1 Å². The van der Waals surface area contributed by atoms with Gasteiger partial charge in [-0.25, -0.2) is 0 Å². The zero-order chi connectivity index (χ0) is 17.6. The standard InChI is InChI=1S/C20H27N3O2/c1-22(10-5-13-25-2)15-20(24)23-11-8-16(9-12-23)18-14-21-19-7-4-3-6-17(18)19/h3-4,6-8,14,21H,5,9-13,15H2,1-2H3. The number of fused-ring (bicyclic) bond motifs is 1. The van der Waals surface area contributed by atoms with E-state index in [-0.39, 0.29) is 5.91 Å². The Balaban J connectivity index is 1.58. The first kappa shape index (κ1) is 17.7. The Bertz CT molecular complexity index is 750. The Kier molecular flexibility index (Phi) is 5.89. The summed E-state index contributed by atoms with van der Waals surface area (Å²) in [6, 6.07) is 8.35. The molecule has 0 saturated heterocycles. The Hall–Kier alpha value is -2.11. The number of ether oxygens (including phenoxy) is 1. The molecule has 0 radical (unpaired) electrons. The number of benzene rings is 1. The maximum Gasteiger partial charge on any atom is 0.237 e. The van der Waals surface area contributed by atoms with Gasteiger partial charge in [-0.15, -0.1) is 0 Å². The molecule has 0 unspecified atom stereocenters. The number of carbonyl (C=O) groups excluding carboxylic acids is 1. The number of likely N-dealkylation sites (N-methyl/N-ethyl adjacent to an activating group) is 1. The van der Waals surface area contributed by atoms with Crippen LogP contribution in [-0.2, 0) is 9.53 Å². The normalized spacial score (nSPS) is 15.0. The summed E-state index contributed by atoms with van der Waals surface area (Å²) in [6.07, 6.45) is 6.13. The Morgan fingerprint density at radius 3 is 2.96 bits per heavy atom. The van der Waals surface area contributed by atoms with Crippen LogP contribution in [0.1, 0.15) is 18.4 Å². The van der Waals surface area contributed by atoms with Crippen molar-refractivity contribution in [3.05, 3.63) is 42.1 Å². The monoisotopic (exact) mass is 341 g/mol. The van der Waals surface area contributed by atoms with Gasteiger partial charge >= 0.3 is 0 Å². The van der Waals surface area contributed by atoms with Gasteiger partial charge < -0.3 is 14.6 Å². The zero-order valence-corrected chi connectivity index (χ0v) is 15.1. The van der Waals surface area contributed by atoms with Crippen molar-refractivity contribution < 1.29 is 9.53 Å². The van der Waals surface area contributed by atoms with Gasteiger partial charge in [0.15, 0.2) is 0 Å². The van der Waals surface area contributed by atoms with Crippen LogP contribution in [0.5, 0.6) is 0 Å². The van der Waals surface area contributed by atoms with Crippen LogP contribution in [0.15, 0.2) is 36.5 Å².